The van der Waals surface area contributed by atoms with Crippen LogP contribution in [0.25, 0.3) is 0 Å². The van der Waals surface area contributed by atoms with Gasteiger partial charge in [-0.15, -0.1) is 0 Å². The van der Waals surface area contributed by atoms with Gasteiger partial charge >= 0.3 is 12.0 Å². The van der Waals surface area contributed by atoms with E-state index in [1.54, 1.807) is 25.1 Å². The molecule has 0 aromatic heterocycles. The molecule has 2 amide bonds. The van der Waals surface area contributed by atoms with E-state index in [0.717, 1.165) is 5.56 Å². The molecule has 0 radical (unpaired) electrons. The van der Waals surface area contributed by atoms with Crippen LogP contribution in [0.4, 0.5) is 10.5 Å². The second-order valence-electron chi connectivity index (χ2n) is 4.24. The lowest BCUT2D eigenvalue weighted by molar-refractivity contribution is -0.141. The Labute approximate surface area is 117 Å². The van der Waals surface area contributed by atoms with Gasteiger partial charge in [-0.3, -0.25) is 4.79 Å². The lowest BCUT2D eigenvalue weighted by Crippen LogP contribution is -2.35. The van der Waals surface area contributed by atoms with Crippen molar-refractivity contribution in [1.29, 1.82) is 0 Å². The number of amides is 2. The number of nitrogens with one attached hydrogen (secondary N) is 2. The van der Waals surface area contributed by atoms with Crippen LogP contribution in [0.2, 0.25) is 5.02 Å². The van der Waals surface area contributed by atoms with Crippen molar-refractivity contribution in [3.05, 3.63) is 28.8 Å². The molecule has 0 aliphatic heterocycles. The van der Waals surface area contributed by atoms with Gasteiger partial charge in [-0.05, 0) is 37.1 Å². The van der Waals surface area contributed by atoms with Gasteiger partial charge in [0.25, 0.3) is 0 Å². The van der Waals surface area contributed by atoms with Crippen LogP contribution in [0.15, 0.2) is 18.2 Å². The molecule has 0 saturated heterocycles. The molecule has 0 aliphatic rings. The van der Waals surface area contributed by atoms with Crippen molar-refractivity contribution < 1.29 is 14.7 Å². The Morgan fingerprint density at radius 1 is 1.42 bits per heavy atom. The van der Waals surface area contributed by atoms with Crippen molar-refractivity contribution >= 4 is 29.3 Å². The molecule has 1 unspecified atom stereocenters. The van der Waals surface area contributed by atoms with Gasteiger partial charge in [0.1, 0.15) is 0 Å². The maximum atomic E-state index is 11.6. The predicted octanol–water partition coefficient (Wildman–Crippen LogP) is 2.88. The molecule has 1 atom stereocenters. The third kappa shape index (κ3) is 4.79. The first kappa shape index (κ1) is 15.3. The molecule has 0 heterocycles. The van der Waals surface area contributed by atoms with E-state index in [4.69, 9.17) is 16.7 Å². The van der Waals surface area contributed by atoms with E-state index in [1.165, 1.54) is 0 Å². The Bertz CT molecular complexity index is 477. The second kappa shape index (κ2) is 6.99. The van der Waals surface area contributed by atoms with Gasteiger partial charge in [-0.2, -0.15) is 0 Å². The molecule has 19 heavy (non-hydrogen) atoms. The zero-order valence-electron chi connectivity index (χ0n) is 10.9. The fourth-order valence-corrected chi connectivity index (χ4v) is 1.78. The minimum atomic E-state index is -0.912. The zero-order valence-corrected chi connectivity index (χ0v) is 11.6. The summed E-state index contributed by atoms with van der Waals surface area (Å²) in [6.07, 6.45) is 0.468. The maximum Gasteiger partial charge on any atom is 0.319 e. The minimum absolute atomic E-state index is 0.101. The highest BCUT2D eigenvalue weighted by atomic mass is 35.5. The van der Waals surface area contributed by atoms with Crippen molar-refractivity contribution in [2.24, 2.45) is 5.92 Å². The third-order valence-corrected chi connectivity index (χ3v) is 3.02. The van der Waals surface area contributed by atoms with Gasteiger partial charge in [0.15, 0.2) is 0 Å². The number of aryl methyl sites for hydroxylation is 1. The molecule has 0 bridgehead atoms. The number of carbonyl (C=O) groups is 2. The molecule has 0 spiro atoms. The molecule has 3 N–H and O–H groups in total. The van der Waals surface area contributed by atoms with Crippen LogP contribution in [0.3, 0.4) is 0 Å². The summed E-state index contributed by atoms with van der Waals surface area (Å²) in [5.41, 5.74) is 1.48. The number of halogens is 1. The molecular formula is C13H17ClN2O3. The molecule has 104 valence electrons. The molecule has 0 aliphatic carbocycles. The van der Waals surface area contributed by atoms with E-state index in [-0.39, 0.29) is 6.54 Å². The number of hydrogen-bond acceptors (Lipinski definition) is 2. The van der Waals surface area contributed by atoms with E-state index in [1.807, 2.05) is 6.92 Å². The molecule has 0 fully saturated rings. The summed E-state index contributed by atoms with van der Waals surface area (Å²) in [7, 11) is 0. The number of aliphatic carboxylic acids is 1. The highest BCUT2D eigenvalue weighted by Crippen LogP contribution is 2.19. The Kier molecular flexibility index (Phi) is 5.63. The van der Waals surface area contributed by atoms with E-state index in [9.17, 15) is 9.59 Å². The summed E-state index contributed by atoms with van der Waals surface area (Å²) in [6.45, 7) is 3.69. The maximum absolute atomic E-state index is 11.6. The van der Waals surface area contributed by atoms with Crippen molar-refractivity contribution in [2.75, 3.05) is 11.9 Å². The van der Waals surface area contributed by atoms with Crippen molar-refractivity contribution in [3.8, 4) is 0 Å². The Hall–Kier alpha value is -1.75. The Morgan fingerprint density at radius 3 is 2.63 bits per heavy atom. The Balaban J connectivity index is 2.53. The molecule has 1 aromatic rings. The third-order valence-electron chi connectivity index (χ3n) is 2.79. The summed E-state index contributed by atoms with van der Waals surface area (Å²) in [5.74, 6) is -1.48. The monoisotopic (exact) mass is 284 g/mol. The quantitative estimate of drug-likeness (QED) is 0.778. The summed E-state index contributed by atoms with van der Waals surface area (Å²) < 4.78 is 0. The van der Waals surface area contributed by atoms with E-state index in [0.29, 0.717) is 17.1 Å². The highest BCUT2D eigenvalue weighted by Gasteiger charge is 2.15. The fourth-order valence-electron chi connectivity index (χ4n) is 1.56. The van der Waals surface area contributed by atoms with Gasteiger partial charge < -0.3 is 15.7 Å². The molecular weight excluding hydrogens is 268 g/mol. The fraction of sp³-hybridized carbons (Fsp3) is 0.385. The first-order valence-corrected chi connectivity index (χ1v) is 6.35. The molecule has 1 aromatic carbocycles. The summed E-state index contributed by atoms with van der Waals surface area (Å²) in [5, 5.41) is 14.7. The van der Waals surface area contributed by atoms with Crippen molar-refractivity contribution in [2.45, 2.75) is 20.3 Å². The first-order chi connectivity index (χ1) is 8.93. The van der Waals surface area contributed by atoms with Crippen LogP contribution in [-0.2, 0) is 4.79 Å². The van der Waals surface area contributed by atoms with Crippen LogP contribution in [0.1, 0.15) is 18.9 Å². The predicted molar refractivity (Wildman–Crippen MR) is 74.6 cm³/mol. The average Bonchev–Trinajstić information content (AvgIpc) is 2.33. The summed E-state index contributed by atoms with van der Waals surface area (Å²) in [6, 6.07) is 4.69. The highest BCUT2D eigenvalue weighted by molar-refractivity contribution is 6.30. The summed E-state index contributed by atoms with van der Waals surface area (Å²) >= 11 is 5.82. The number of anilines is 1. The van der Waals surface area contributed by atoms with Gasteiger partial charge in [0.2, 0.25) is 0 Å². The normalized spacial score (nSPS) is 11.7. The first-order valence-electron chi connectivity index (χ1n) is 5.97. The lowest BCUT2D eigenvalue weighted by atomic mass is 10.1. The molecule has 1 rings (SSSR count). The number of benzene rings is 1. The zero-order chi connectivity index (χ0) is 14.4. The topological polar surface area (TPSA) is 78.4 Å². The van der Waals surface area contributed by atoms with Gasteiger partial charge in [-0.1, -0.05) is 18.5 Å². The number of carboxylic acid groups (broad SMARTS) is 1. The van der Waals surface area contributed by atoms with Crippen LogP contribution >= 0.6 is 11.6 Å². The molecule has 6 heteroatoms. The van der Waals surface area contributed by atoms with E-state index >= 15 is 0 Å². The Morgan fingerprint density at radius 2 is 2.11 bits per heavy atom. The van der Waals surface area contributed by atoms with Gasteiger partial charge in [-0.25, -0.2) is 4.79 Å². The standard InChI is InChI=1S/C13H17ClN2O3/c1-3-9(12(17)18)7-15-13(19)16-11-5-4-10(14)6-8(11)2/h4-6,9H,3,7H2,1-2H3,(H,17,18)(H2,15,16,19). The minimum Gasteiger partial charge on any atom is -0.481 e. The largest absolute Gasteiger partial charge is 0.481 e. The molecule has 0 saturated carbocycles. The van der Waals surface area contributed by atoms with Crippen LogP contribution < -0.4 is 10.6 Å². The smallest absolute Gasteiger partial charge is 0.319 e. The van der Waals surface area contributed by atoms with Gasteiger partial charge in [0.05, 0.1) is 5.92 Å². The van der Waals surface area contributed by atoms with Crippen LogP contribution in [0.5, 0.6) is 0 Å². The van der Waals surface area contributed by atoms with E-state index in [2.05, 4.69) is 10.6 Å². The number of rotatable bonds is 5. The van der Waals surface area contributed by atoms with E-state index < -0.39 is 17.9 Å². The van der Waals surface area contributed by atoms with Crippen molar-refractivity contribution in [1.82, 2.24) is 5.32 Å². The lowest BCUT2D eigenvalue weighted by Gasteiger charge is -2.13. The number of carbonyl (C=O) groups excluding carboxylic acids is 1. The van der Waals surface area contributed by atoms with Gasteiger partial charge in [0, 0.05) is 17.3 Å². The molecule has 5 nitrogen and oxygen atoms in total. The average molecular weight is 285 g/mol. The number of urea groups is 1. The summed E-state index contributed by atoms with van der Waals surface area (Å²) in [4.78, 5) is 22.5. The number of carboxylic acids is 1. The van der Waals surface area contributed by atoms with Crippen LogP contribution in [-0.4, -0.2) is 23.7 Å². The van der Waals surface area contributed by atoms with Crippen LogP contribution in [0, 0.1) is 12.8 Å². The second-order valence-corrected chi connectivity index (χ2v) is 4.67. The van der Waals surface area contributed by atoms with Crippen molar-refractivity contribution in [3.63, 3.8) is 0 Å². The SMILES string of the molecule is CCC(CNC(=O)Nc1ccc(Cl)cc1C)C(=O)O. The number of hydrogen-bond donors (Lipinski definition) is 3.